The third-order valence-corrected chi connectivity index (χ3v) is 5.03. The summed E-state index contributed by atoms with van der Waals surface area (Å²) in [7, 11) is 0. The van der Waals surface area contributed by atoms with Gasteiger partial charge in [-0.05, 0) is 39.2 Å². The SMILES string of the molecule is CCCOC(=O)[C@@H](CC)n1cnc2sc(C(=O)OC(C)C)c(C)c2c1=O. The molecule has 0 spiro atoms. The molecule has 0 N–H and O–H groups in total. The number of esters is 2. The van der Waals surface area contributed by atoms with Crippen molar-refractivity contribution in [1.82, 2.24) is 9.55 Å². The van der Waals surface area contributed by atoms with Gasteiger partial charge in [0.2, 0.25) is 0 Å². The van der Waals surface area contributed by atoms with Gasteiger partial charge in [-0.2, -0.15) is 0 Å². The number of fused-ring (bicyclic) bond motifs is 1. The Morgan fingerprint density at radius 3 is 2.58 bits per heavy atom. The Balaban J connectivity index is 2.50. The number of carbonyl (C=O) groups excluding carboxylic acids is 2. The average Bonchev–Trinajstić information content (AvgIpc) is 2.92. The highest BCUT2D eigenvalue weighted by molar-refractivity contribution is 7.20. The van der Waals surface area contributed by atoms with E-state index in [9.17, 15) is 14.4 Å². The van der Waals surface area contributed by atoms with E-state index in [1.807, 2.05) is 6.92 Å². The summed E-state index contributed by atoms with van der Waals surface area (Å²) in [6, 6.07) is -0.740. The van der Waals surface area contributed by atoms with Gasteiger partial charge in [-0.1, -0.05) is 13.8 Å². The van der Waals surface area contributed by atoms with Crippen LogP contribution in [0.3, 0.4) is 0 Å². The summed E-state index contributed by atoms with van der Waals surface area (Å²) in [5, 5.41) is 0.343. The minimum Gasteiger partial charge on any atom is -0.464 e. The molecule has 1 atom stereocenters. The van der Waals surface area contributed by atoms with E-state index in [0.29, 0.717) is 40.1 Å². The summed E-state index contributed by atoms with van der Waals surface area (Å²) >= 11 is 1.12. The fourth-order valence-corrected chi connectivity index (χ4v) is 3.62. The Hall–Kier alpha value is -2.22. The lowest BCUT2D eigenvalue weighted by atomic mass is 10.2. The molecular formula is C18H24N2O5S. The Labute approximate surface area is 155 Å². The molecule has 2 rings (SSSR count). The molecule has 0 aliphatic heterocycles. The predicted molar refractivity (Wildman–Crippen MR) is 99.7 cm³/mol. The molecular weight excluding hydrogens is 356 g/mol. The van der Waals surface area contributed by atoms with Gasteiger partial charge in [0, 0.05) is 0 Å². The molecule has 0 unspecified atom stereocenters. The minimum atomic E-state index is -0.740. The summed E-state index contributed by atoms with van der Waals surface area (Å²) in [6.07, 6.45) is 2.20. The number of nitrogens with zero attached hydrogens (tertiary/aromatic N) is 2. The lowest BCUT2D eigenvalue weighted by Gasteiger charge is -2.16. The molecule has 2 aromatic heterocycles. The zero-order valence-corrected chi connectivity index (χ0v) is 16.5. The van der Waals surface area contributed by atoms with Gasteiger partial charge in [0.15, 0.2) is 0 Å². The summed E-state index contributed by atoms with van der Waals surface area (Å²) in [5.41, 5.74) is 0.173. The first-order valence-corrected chi connectivity index (χ1v) is 9.51. The normalized spacial score (nSPS) is 12.4. The standard InChI is InChI=1S/C18H24N2O5S/c1-6-8-24-17(22)12(7-2)20-9-19-15-13(16(20)21)11(5)14(26-15)18(23)25-10(3)4/h9-10,12H,6-8H2,1-5H3/t12-/m1/s1. The maximum absolute atomic E-state index is 13.0. The lowest BCUT2D eigenvalue weighted by Crippen LogP contribution is -2.31. The highest BCUT2D eigenvalue weighted by atomic mass is 32.1. The van der Waals surface area contributed by atoms with Crippen molar-refractivity contribution < 1.29 is 19.1 Å². The Bertz CT molecular complexity index is 868. The van der Waals surface area contributed by atoms with E-state index >= 15 is 0 Å². The zero-order chi connectivity index (χ0) is 19.4. The van der Waals surface area contributed by atoms with Gasteiger partial charge >= 0.3 is 11.9 Å². The summed E-state index contributed by atoms with van der Waals surface area (Å²) in [4.78, 5) is 42.5. The first-order chi connectivity index (χ1) is 12.3. The van der Waals surface area contributed by atoms with Gasteiger partial charge in [0.1, 0.15) is 15.7 Å². The van der Waals surface area contributed by atoms with Crippen molar-refractivity contribution in [3.63, 3.8) is 0 Å². The molecule has 0 saturated heterocycles. The minimum absolute atomic E-state index is 0.255. The second kappa shape index (κ2) is 8.44. The van der Waals surface area contributed by atoms with Crippen LogP contribution in [0.1, 0.15) is 61.8 Å². The maximum atomic E-state index is 13.0. The van der Waals surface area contributed by atoms with Crippen molar-refractivity contribution in [2.45, 2.75) is 59.6 Å². The van der Waals surface area contributed by atoms with E-state index in [1.165, 1.54) is 10.9 Å². The van der Waals surface area contributed by atoms with Crippen LogP contribution in [0.25, 0.3) is 10.2 Å². The molecule has 0 aliphatic rings. The second-order valence-electron chi connectivity index (χ2n) is 6.24. The number of hydrogen-bond acceptors (Lipinski definition) is 7. The Morgan fingerprint density at radius 1 is 1.31 bits per heavy atom. The van der Waals surface area contributed by atoms with Crippen molar-refractivity contribution in [3.05, 3.63) is 27.1 Å². The van der Waals surface area contributed by atoms with Crippen molar-refractivity contribution in [1.29, 1.82) is 0 Å². The first-order valence-electron chi connectivity index (χ1n) is 8.69. The molecule has 8 heteroatoms. The third kappa shape index (κ3) is 3.95. The molecule has 0 fully saturated rings. The molecule has 2 aromatic rings. The van der Waals surface area contributed by atoms with Gasteiger partial charge in [0.25, 0.3) is 5.56 Å². The highest BCUT2D eigenvalue weighted by Crippen LogP contribution is 2.28. The number of hydrogen-bond donors (Lipinski definition) is 0. The van der Waals surface area contributed by atoms with E-state index in [4.69, 9.17) is 9.47 Å². The van der Waals surface area contributed by atoms with Crippen LogP contribution < -0.4 is 5.56 Å². The van der Waals surface area contributed by atoms with Crippen LogP contribution in [0, 0.1) is 6.92 Å². The van der Waals surface area contributed by atoms with Crippen LogP contribution in [-0.2, 0) is 14.3 Å². The summed E-state index contributed by atoms with van der Waals surface area (Å²) < 4.78 is 11.7. The number of thiophene rings is 1. The molecule has 0 bridgehead atoms. The van der Waals surface area contributed by atoms with Crippen LogP contribution in [0.2, 0.25) is 0 Å². The lowest BCUT2D eigenvalue weighted by molar-refractivity contribution is -0.147. The third-order valence-electron chi connectivity index (χ3n) is 3.85. The summed E-state index contributed by atoms with van der Waals surface area (Å²) in [5.74, 6) is -0.925. The van der Waals surface area contributed by atoms with Crippen molar-refractivity contribution >= 4 is 33.5 Å². The quantitative estimate of drug-likeness (QED) is 0.685. The average molecular weight is 380 g/mol. The van der Waals surface area contributed by atoms with E-state index < -0.39 is 18.0 Å². The van der Waals surface area contributed by atoms with E-state index in [0.717, 1.165) is 11.3 Å². The molecule has 0 aliphatic carbocycles. The molecule has 0 saturated carbocycles. The zero-order valence-electron chi connectivity index (χ0n) is 15.7. The fraction of sp³-hybridized carbons (Fsp3) is 0.556. The van der Waals surface area contributed by atoms with E-state index in [1.54, 1.807) is 27.7 Å². The molecule has 0 amide bonds. The second-order valence-corrected chi connectivity index (χ2v) is 7.24. The largest absolute Gasteiger partial charge is 0.464 e. The summed E-state index contributed by atoms with van der Waals surface area (Å²) in [6.45, 7) is 9.24. The van der Waals surface area contributed by atoms with Crippen molar-refractivity contribution in [2.75, 3.05) is 6.61 Å². The number of aryl methyl sites for hydroxylation is 1. The Morgan fingerprint density at radius 2 is 2.00 bits per heavy atom. The van der Waals surface area contributed by atoms with E-state index in [2.05, 4.69) is 4.98 Å². The number of aromatic nitrogens is 2. The first kappa shape index (κ1) is 20.1. The molecule has 7 nitrogen and oxygen atoms in total. The molecule has 0 radical (unpaired) electrons. The molecule has 26 heavy (non-hydrogen) atoms. The number of ether oxygens (including phenoxy) is 2. The van der Waals surface area contributed by atoms with E-state index in [-0.39, 0.29) is 11.7 Å². The van der Waals surface area contributed by atoms with Gasteiger partial charge < -0.3 is 9.47 Å². The van der Waals surface area contributed by atoms with Crippen molar-refractivity contribution in [3.8, 4) is 0 Å². The van der Waals surface area contributed by atoms with Gasteiger partial charge in [-0.25, -0.2) is 14.6 Å². The number of rotatable bonds is 7. The van der Waals surface area contributed by atoms with Crippen LogP contribution in [0.15, 0.2) is 11.1 Å². The maximum Gasteiger partial charge on any atom is 0.348 e. The van der Waals surface area contributed by atoms with Gasteiger partial charge in [-0.15, -0.1) is 11.3 Å². The highest BCUT2D eigenvalue weighted by Gasteiger charge is 2.25. The Kier molecular flexibility index (Phi) is 6.52. The predicted octanol–water partition coefficient (Wildman–Crippen LogP) is 3.24. The van der Waals surface area contributed by atoms with Crippen LogP contribution in [-0.4, -0.2) is 34.2 Å². The van der Waals surface area contributed by atoms with Gasteiger partial charge in [-0.3, -0.25) is 9.36 Å². The topological polar surface area (TPSA) is 87.5 Å². The van der Waals surface area contributed by atoms with Crippen LogP contribution in [0.5, 0.6) is 0 Å². The molecule has 142 valence electrons. The monoisotopic (exact) mass is 380 g/mol. The van der Waals surface area contributed by atoms with Crippen molar-refractivity contribution in [2.24, 2.45) is 0 Å². The fourth-order valence-electron chi connectivity index (χ4n) is 2.60. The molecule has 0 aromatic carbocycles. The van der Waals surface area contributed by atoms with Gasteiger partial charge in [0.05, 0.1) is 24.4 Å². The smallest absolute Gasteiger partial charge is 0.348 e. The van der Waals surface area contributed by atoms with Crippen LogP contribution >= 0.6 is 11.3 Å². The molecule has 2 heterocycles. The van der Waals surface area contributed by atoms with Crippen LogP contribution in [0.4, 0.5) is 0 Å². The number of carbonyl (C=O) groups is 2.